The zero-order valence-corrected chi connectivity index (χ0v) is 23.9. The van der Waals surface area contributed by atoms with E-state index in [-0.39, 0.29) is 5.57 Å². The number of amides is 2. The first-order valence-electron chi connectivity index (χ1n) is 13.0. The van der Waals surface area contributed by atoms with Gasteiger partial charge in [0.05, 0.1) is 10.9 Å². The number of carbonyl (C=O) groups is 3. The van der Waals surface area contributed by atoms with Crippen LogP contribution in [-0.4, -0.2) is 45.4 Å². The summed E-state index contributed by atoms with van der Waals surface area (Å²) < 4.78 is 11.0. The molecule has 0 fully saturated rings. The highest BCUT2D eigenvalue weighted by molar-refractivity contribution is 5.90. The molecule has 0 saturated carbocycles. The molecule has 0 aromatic heterocycles. The molecule has 0 aliphatic carbocycles. The number of imide groups is 1. The van der Waals surface area contributed by atoms with Gasteiger partial charge >= 0.3 is 18.2 Å². The fraction of sp³-hybridized carbons (Fsp3) is 0.419. The van der Waals surface area contributed by atoms with Gasteiger partial charge in [0.2, 0.25) is 0 Å². The predicted octanol–water partition coefficient (Wildman–Crippen LogP) is 5.84. The third-order valence-electron chi connectivity index (χ3n) is 5.40. The topological polar surface area (TPSA) is 106 Å². The third-order valence-corrected chi connectivity index (χ3v) is 5.40. The van der Waals surface area contributed by atoms with Crippen LogP contribution in [0.25, 0.3) is 6.08 Å². The van der Waals surface area contributed by atoms with Gasteiger partial charge in [-0.15, -0.1) is 0 Å². The number of carboxylic acids is 1. The van der Waals surface area contributed by atoms with E-state index >= 15 is 0 Å². The van der Waals surface area contributed by atoms with Crippen molar-refractivity contribution in [2.24, 2.45) is 4.99 Å². The number of benzene rings is 1. The van der Waals surface area contributed by atoms with Crippen LogP contribution < -0.4 is 10.6 Å². The lowest BCUT2D eigenvalue weighted by Crippen LogP contribution is -2.48. The molecule has 0 bridgehead atoms. The standard InChI is InChI=1S/C31H40N2O6/c1-22(33(28(36)38-30(2,3)4)29(37)39-31(5,6)7)13-12-14-23-18-19-24(27(34)35)15-10-11-20-32-26-17-9-8-16-25(26)21-23/h8-11,15-22H,12-14H2,1-7H3,(H,34,35). The minimum absolute atomic E-state index is 0.133. The van der Waals surface area contributed by atoms with Crippen LogP contribution in [0.1, 0.15) is 67.7 Å². The maximum atomic E-state index is 12.9. The number of fused-ring (bicyclic) bond motifs is 1. The number of para-hydroxylation sites is 1. The van der Waals surface area contributed by atoms with Crippen LogP contribution in [0.15, 0.2) is 77.0 Å². The fourth-order valence-electron chi connectivity index (χ4n) is 3.65. The molecule has 2 rings (SSSR count). The van der Waals surface area contributed by atoms with Crippen LogP contribution >= 0.6 is 0 Å². The Morgan fingerprint density at radius 2 is 1.56 bits per heavy atom. The third kappa shape index (κ3) is 11.1. The van der Waals surface area contributed by atoms with Crippen molar-refractivity contribution in [3.05, 3.63) is 82.6 Å². The highest BCUT2D eigenvalue weighted by Crippen LogP contribution is 2.20. The zero-order chi connectivity index (χ0) is 29.2. The van der Waals surface area contributed by atoms with E-state index in [9.17, 15) is 19.5 Å². The Balaban J connectivity index is 2.34. The molecular weight excluding hydrogens is 496 g/mol. The van der Waals surface area contributed by atoms with Crippen LogP contribution in [0.5, 0.6) is 0 Å². The van der Waals surface area contributed by atoms with E-state index in [0.717, 1.165) is 21.0 Å². The molecule has 8 heteroatoms. The van der Waals surface area contributed by atoms with E-state index in [1.165, 1.54) is 6.08 Å². The Bertz CT molecular complexity index is 1260. The second-order valence-electron chi connectivity index (χ2n) is 11.3. The van der Waals surface area contributed by atoms with Gasteiger partial charge in [0, 0.05) is 17.5 Å². The highest BCUT2D eigenvalue weighted by Gasteiger charge is 2.34. The molecule has 1 aliphatic heterocycles. The summed E-state index contributed by atoms with van der Waals surface area (Å²) in [5.41, 5.74) is -0.543. The van der Waals surface area contributed by atoms with Gasteiger partial charge in [-0.25, -0.2) is 19.3 Å². The van der Waals surface area contributed by atoms with Crippen molar-refractivity contribution >= 4 is 24.2 Å². The van der Waals surface area contributed by atoms with E-state index in [0.29, 0.717) is 19.3 Å². The molecule has 1 heterocycles. The number of carbonyl (C=O) groups excluding carboxylic acids is 2. The molecule has 1 N–H and O–H groups in total. The molecule has 0 radical (unpaired) electrons. The first-order valence-corrected chi connectivity index (χ1v) is 13.0. The van der Waals surface area contributed by atoms with Crippen molar-refractivity contribution in [3.63, 3.8) is 0 Å². The summed E-state index contributed by atoms with van der Waals surface area (Å²) in [6.45, 7) is 12.2. The van der Waals surface area contributed by atoms with Crippen LogP contribution in [0.4, 0.5) is 9.59 Å². The molecule has 1 aromatic carbocycles. The number of hydrogen-bond acceptors (Lipinski definition) is 6. The summed E-state index contributed by atoms with van der Waals surface area (Å²) in [6, 6.07) is 7.17. The summed E-state index contributed by atoms with van der Waals surface area (Å²) in [5, 5.41) is 11.2. The van der Waals surface area contributed by atoms with Gasteiger partial charge in [0.1, 0.15) is 11.2 Å². The number of carboxylic acid groups (broad SMARTS) is 1. The van der Waals surface area contributed by atoms with Gasteiger partial charge in [-0.3, -0.25) is 4.99 Å². The van der Waals surface area contributed by atoms with E-state index in [2.05, 4.69) is 4.99 Å². The molecule has 2 amide bonds. The van der Waals surface area contributed by atoms with Gasteiger partial charge in [-0.1, -0.05) is 30.4 Å². The summed E-state index contributed by atoms with van der Waals surface area (Å²) >= 11 is 0. The summed E-state index contributed by atoms with van der Waals surface area (Å²) in [5.74, 6) is -1.04. The Hall–Kier alpha value is -3.94. The van der Waals surface area contributed by atoms with Gasteiger partial charge in [0.15, 0.2) is 0 Å². The molecule has 1 unspecified atom stereocenters. The van der Waals surface area contributed by atoms with Crippen molar-refractivity contribution in [2.75, 3.05) is 0 Å². The van der Waals surface area contributed by atoms with Crippen molar-refractivity contribution in [2.45, 2.75) is 85.0 Å². The average Bonchev–Trinajstić information content (AvgIpc) is 2.77. The minimum Gasteiger partial charge on any atom is -0.478 e. The number of ether oxygens (including phenoxy) is 2. The van der Waals surface area contributed by atoms with E-state index in [1.807, 2.05) is 30.3 Å². The molecule has 1 atom stereocenters. The maximum absolute atomic E-state index is 12.9. The Kier molecular flexibility index (Phi) is 11.0. The number of aliphatic carboxylic acids is 1. The molecule has 0 saturated heterocycles. The number of rotatable bonds is 6. The fourth-order valence-corrected chi connectivity index (χ4v) is 3.65. The van der Waals surface area contributed by atoms with Crippen LogP contribution in [0.2, 0.25) is 0 Å². The number of allylic oxidation sites excluding steroid dienone is 5. The normalized spacial score (nSPS) is 14.6. The summed E-state index contributed by atoms with van der Waals surface area (Å²) in [7, 11) is 0. The zero-order valence-electron chi connectivity index (χ0n) is 23.9. The largest absolute Gasteiger partial charge is 0.478 e. The minimum atomic E-state index is -1.04. The van der Waals surface area contributed by atoms with Crippen LogP contribution in [0.3, 0.4) is 0 Å². The maximum Gasteiger partial charge on any atom is 0.420 e. The Morgan fingerprint density at radius 1 is 0.949 bits per heavy atom. The summed E-state index contributed by atoms with van der Waals surface area (Å²) in [4.78, 5) is 43.1. The lowest BCUT2D eigenvalue weighted by molar-refractivity contribution is -0.132. The number of hydrogen-bond donors (Lipinski definition) is 1. The first kappa shape index (κ1) is 31.3. The Morgan fingerprint density at radius 3 is 2.15 bits per heavy atom. The van der Waals surface area contributed by atoms with Crippen molar-refractivity contribution in [3.8, 4) is 0 Å². The molecule has 1 aromatic rings. The molecule has 0 spiro atoms. The molecular formula is C31H40N2O6. The lowest BCUT2D eigenvalue weighted by Gasteiger charge is -2.32. The molecule has 39 heavy (non-hydrogen) atoms. The summed E-state index contributed by atoms with van der Waals surface area (Å²) in [6.07, 6.45) is 11.9. The van der Waals surface area contributed by atoms with E-state index in [4.69, 9.17) is 9.47 Å². The smallest absolute Gasteiger partial charge is 0.420 e. The molecule has 1 aliphatic rings. The predicted molar refractivity (Wildman–Crippen MR) is 151 cm³/mol. The first-order chi connectivity index (χ1) is 18.2. The Labute approximate surface area is 230 Å². The van der Waals surface area contributed by atoms with Gasteiger partial charge in [-0.2, -0.15) is 0 Å². The number of nitrogens with zero attached hydrogens (tertiary/aromatic N) is 2. The van der Waals surface area contributed by atoms with Crippen molar-refractivity contribution in [1.29, 1.82) is 0 Å². The average molecular weight is 537 g/mol. The van der Waals surface area contributed by atoms with Gasteiger partial charge in [0.25, 0.3) is 0 Å². The van der Waals surface area contributed by atoms with Crippen molar-refractivity contribution in [1.82, 2.24) is 4.90 Å². The lowest BCUT2D eigenvalue weighted by atomic mass is 10.0. The monoisotopic (exact) mass is 536 g/mol. The highest BCUT2D eigenvalue weighted by atomic mass is 16.6. The second-order valence-corrected chi connectivity index (χ2v) is 11.3. The second kappa shape index (κ2) is 13.7. The van der Waals surface area contributed by atoms with Crippen molar-refractivity contribution < 1.29 is 29.0 Å². The van der Waals surface area contributed by atoms with Crippen LogP contribution in [0, 0.1) is 0 Å². The molecule has 8 nitrogen and oxygen atoms in total. The van der Waals surface area contributed by atoms with E-state index < -0.39 is 35.4 Å². The quantitative estimate of drug-likeness (QED) is 0.490. The van der Waals surface area contributed by atoms with E-state index in [1.54, 1.807) is 79.0 Å². The molecule has 210 valence electrons. The van der Waals surface area contributed by atoms with Gasteiger partial charge < -0.3 is 14.6 Å². The SMILES string of the molecule is CC(CCCC1=CC=C(C(=O)O)C=CC=CN=c2ccccc2=C1)N(C(=O)OC(C)(C)C)C(=O)OC(C)(C)C. The van der Waals surface area contributed by atoms with Crippen LogP contribution in [-0.2, 0) is 14.3 Å². The van der Waals surface area contributed by atoms with Gasteiger partial charge in [-0.05, 0) is 104 Å².